The molecule has 0 atom stereocenters. The Balaban J connectivity index is 0. The fraction of sp³-hybridized carbons (Fsp3) is 0.846. The molecule has 0 unspecified atom stereocenters. The van der Waals surface area contributed by atoms with E-state index in [-0.39, 0.29) is 4.70 Å². The molecule has 0 amide bonds. The quantitative estimate of drug-likeness (QED) is 0.0686. The van der Waals surface area contributed by atoms with Gasteiger partial charge in [-0.25, -0.2) is 0 Å². The molecule has 1 rings (SSSR count). The van der Waals surface area contributed by atoms with Crippen LogP contribution in [0.5, 0.6) is 0 Å². The Morgan fingerprint density at radius 3 is 0.829 bits per heavy atom. The van der Waals surface area contributed by atoms with Gasteiger partial charge in [0, 0.05) is 0 Å². The van der Waals surface area contributed by atoms with Crippen molar-refractivity contribution in [1.29, 1.82) is 0 Å². The summed E-state index contributed by atoms with van der Waals surface area (Å²) >= 11 is 0. The molecule has 1 aromatic rings. The van der Waals surface area contributed by atoms with E-state index in [1.807, 2.05) is 18.2 Å². The lowest BCUT2D eigenvalue weighted by Crippen LogP contribution is -3.00. The fourth-order valence-corrected chi connectivity index (χ4v) is 6.12. The van der Waals surface area contributed by atoms with Crippen molar-refractivity contribution in [3.63, 3.8) is 0 Å². The van der Waals surface area contributed by atoms with Crippen molar-refractivity contribution in [3.8, 4) is 0 Å². The molecule has 0 radical (unpaired) electrons. The van der Waals surface area contributed by atoms with Crippen molar-refractivity contribution in [2.75, 3.05) is 26.2 Å². The molecule has 41 heavy (non-hydrogen) atoms. The molecular formula is C39H76FN. The molecule has 1 nitrogen and oxygen atoms in total. The number of halogens is 1. The first-order chi connectivity index (χ1) is 19.6. The zero-order valence-corrected chi connectivity index (χ0v) is 29.0. The average Bonchev–Trinajstić information content (AvgIpc) is 2.97. The van der Waals surface area contributed by atoms with E-state index >= 15 is 0 Å². The van der Waals surface area contributed by atoms with E-state index in [0.29, 0.717) is 0 Å². The first-order valence-electron chi connectivity index (χ1n) is 18.5. The molecule has 0 bridgehead atoms. The van der Waals surface area contributed by atoms with Crippen LogP contribution in [0.2, 0.25) is 0 Å². The molecule has 0 spiro atoms. The van der Waals surface area contributed by atoms with Crippen molar-refractivity contribution in [2.45, 2.75) is 189 Å². The highest BCUT2D eigenvalue weighted by atomic mass is 19.0. The van der Waals surface area contributed by atoms with E-state index in [9.17, 15) is 0 Å². The van der Waals surface area contributed by atoms with Crippen molar-refractivity contribution in [2.24, 2.45) is 0 Å². The van der Waals surface area contributed by atoms with E-state index in [0.717, 1.165) is 0 Å². The third-order valence-electron chi connectivity index (χ3n) is 8.88. The first-order valence-corrected chi connectivity index (χ1v) is 18.5. The van der Waals surface area contributed by atoms with E-state index in [1.165, 1.54) is 190 Å². The summed E-state index contributed by atoms with van der Waals surface area (Å²) in [4.78, 5) is 0. The van der Waals surface area contributed by atoms with Crippen molar-refractivity contribution in [3.05, 3.63) is 35.9 Å². The Morgan fingerprint density at radius 1 is 0.366 bits per heavy atom. The number of quaternary nitrogens is 1. The van der Waals surface area contributed by atoms with Gasteiger partial charge in [0.15, 0.2) is 0 Å². The van der Waals surface area contributed by atoms with E-state index in [2.05, 4.69) is 46.8 Å². The number of rotatable bonds is 28. The van der Waals surface area contributed by atoms with Gasteiger partial charge in [-0.15, -0.1) is 0 Å². The van der Waals surface area contributed by atoms with Gasteiger partial charge in [0.05, 0.1) is 26.2 Å². The van der Waals surface area contributed by atoms with Crippen LogP contribution in [-0.4, -0.2) is 30.7 Å². The van der Waals surface area contributed by atoms with Crippen LogP contribution in [0, 0.1) is 6.92 Å². The Labute approximate surface area is 259 Å². The largest absolute Gasteiger partial charge is 1.00 e. The number of hydrogen-bond donors (Lipinski definition) is 0. The zero-order valence-electron chi connectivity index (χ0n) is 29.0. The fourth-order valence-electron chi connectivity index (χ4n) is 6.12. The minimum atomic E-state index is 0. The predicted octanol–water partition coefficient (Wildman–Crippen LogP) is 10.2. The minimum Gasteiger partial charge on any atom is -1.00 e. The molecule has 244 valence electrons. The van der Waals surface area contributed by atoms with Crippen LogP contribution in [0.4, 0.5) is 0 Å². The molecular weight excluding hydrogens is 501 g/mol. The summed E-state index contributed by atoms with van der Waals surface area (Å²) in [5, 5.41) is 0. The maximum atomic E-state index is 2.34. The van der Waals surface area contributed by atoms with Gasteiger partial charge < -0.3 is 9.19 Å². The Morgan fingerprint density at radius 2 is 0.610 bits per heavy atom. The van der Waals surface area contributed by atoms with Crippen LogP contribution in [0.1, 0.15) is 187 Å². The average molecular weight is 578 g/mol. The standard InChI is InChI=1S/C32H68N.C7H8.FH/c1-5-9-13-17-21-25-29-33(30-26-22-18-14-10-6-2,31-27-23-19-15-11-7-3)32-28-24-20-16-12-8-4;1-7-5-3-2-4-6-7;/h5-32H2,1-4H3;2-6H,1H3;1H/q+1;;/p-1. The van der Waals surface area contributed by atoms with Gasteiger partial charge in [0.1, 0.15) is 0 Å². The summed E-state index contributed by atoms with van der Waals surface area (Å²) in [6, 6.07) is 10.3. The smallest absolute Gasteiger partial charge is 0.0786 e. The molecule has 2 heteroatoms. The molecule has 0 heterocycles. The summed E-state index contributed by atoms with van der Waals surface area (Å²) in [5.74, 6) is 0. The molecule has 0 saturated heterocycles. The van der Waals surface area contributed by atoms with Gasteiger partial charge in [-0.05, 0) is 58.3 Å². The Hall–Kier alpha value is -0.890. The van der Waals surface area contributed by atoms with E-state index in [1.54, 1.807) is 0 Å². The topological polar surface area (TPSA) is 0 Å². The van der Waals surface area contributed by atoms with Gasteiger partial charge in [-0.1, -0.05) is 166 Å². The summed E-state index contributed by atoms with van der Waals surface area (Å²) in [7, 11) is 0. The number of nitrogens with zero attached hydrogens (tertiary/aromatic N) is 1. The number of hydrogen-bond acceptors (Lipinski definition) is 0. The molecule has 0 aromatic heterocycles. The normalized spacial score (nSPS) is 11.1. The summed E-state index contributed by atoms with van der Waals surface area (Å²) < 4.78 is 1.48. The third kappa shape index (κ3) is 29.0. The lowest BCUT2D eigenvalue weighted by molar-refractivity contribution is -0.929. The van der Waals surface area contributed by atoms with Crippen LogP contribution >= 0.6 is 0 Å². The second-order valence-electron chi connectivity index (χ2n) is 13.0. The van der Waals surface area contributed by atoms with Gasteiger partial charge in [0.2, 0.25) is 0 Å². The maximum absolute atomic E-state index is 2.34. The maximum Gasteiger partial charge on any atom is 0.0786 e. The minimum absolute atomic E-state index is 0. The highest BCUT2D eigenvalue weighted by Gasteiger charge is 2.25. The van der Waals surface area contributed by atoms with Crippen LogP contribution in [0.15, 0.2) is 30.3 Å². The second-order valence-corrected chi connectivity index (χ2v) is 13.0. The van der Waals surface area contributed by atoms with Crippen LogP contribution in [-0.2, 0) is 0 Å². The first kappa shape index (κ1) is 42.2. The SMILES string of the molecule is CCCCCCCC[N+](CCCCCCCC)(CCCCCCCC)CCCCCCCC.Cc1ccccc1.[F-]. The van der Waals surface area contributed by atoms with Crippen molar-refractivity contribution in [1.82, 2.24) is 0 Å². The van der Waals surface area contributed by atoms with Crippen LogP contribution in [0.3, 0.4) is 0 Å². The van der Waals surface area contributed by atoms with Gasteiger partial charge in [-0.2, -0.15) is 0 Å². The Bertz CT molecular complexity index is 517. The predicted molar refractivity (Wildman–Crippen MR) is 184 cm³/mol. The van der Waals surface area contributed by atoms with Crippen molar-refractivity contribution >= 4 is 0 Å². The lowest BCUT2D eigenvalue weighted by Gasteiger charge is -2.40. The molecule has 0 aliphatic carbocycles. The summed E-state index contributed by atoms with van der Waals surface area (Å²) in [6.45, 7) is 17.3. The highest BCUT2D eigenvalue weighted by molar-refractivity contribution is 5.11. The third-order valence-corrected chi connectivity index (χ3v) is 8.88. The molecule has 0 aliphatic heterocycles. The lowest BCUT2D eigenvalue weighted by atomic mass is 10.0. The molecule has 0 saturated carbocycles. The summed E-state index contributed by atoms with van der Waals surface area (Å²) in [6.07, 6.45) is 34.8. The number of benzene rings is 1. The Kier molecular flexibility index (Phi) is 34.6. The van der Waals surface area contributed by atoms with E-state index < -0.39 is 0 Å². The zero-order chi connectivity index (χ0) is 29.4. The molecule has 1 aromatic carbocycles. The highest BCUT2D eigenvalue weighted by Crippen LogP contribution is 2.20. The molecule has 0 aliphatic rings. The van der Waals surface area contributed by atoms with Crippen LogP contribution in [0.25, 0.3) is 0 Å². The second kappa shape index (κ2) is 33.6. The van der Waals surface area contributed by atoms with Gasteiger partial charge in [-0.3, -0.25) is 0 Å². The van der Waals surface area contributed by atoms with Crippen LogP contribution < -0.4 is 4.70 Å². The summed E-state index contributed by atoms with van der Waals surface area (Å²) in [5.41, 5.74) is 1.32. The van der Waals surface area contributed by atoms with Gasteiger partial charge in [0.25, 0.3) is 0 Å². The monoisotopic (exact) mass is 578 g/mol. The van der Waals surface area contributed by atoms with Crippen molar-refractivity contribution < 1.29 is 9.19 Å². The molecule has 0 fully saturated rings. The van der Waals surface area contributed by atoms with E-state index in [4.69, 9.17) is 0 Å². The molecule has 0 N–H and O–H groups in total. The number of aryl methyl sites for hydroxylation is 1. The van der Waals surface area contributed by atoms with Gasteiger partial charge >= 0.3 is 0 Å². The number of unbranched alkanes of at least 4 members (excludes halogenated alkanes) is 20.